The number of hydrogen-bond acceptors (Lipinski definition) is 6. The summed E-state index contributed by atoms with van der Waals surface area (Å²) in [5.74, 6) is 0.945. The number of carbonyl (C=O) groups excluding carboxylic acids is 1. The fourth-order valence-electron chi connectivity index (χ4n) is 1.98. The molecule has 0 spiro atoms. The third-order valence-electron chi connectivity index (χ3n) is 3.07. The molecule has 1 atom stereocenters. The highest BCUT2D eigenvalue weighted by Gasteiger charge is 2.21. The van der Waals surface area contributed by atoms with Gasteiger partial charge in [0.15, 0.2) is 16.6 Å². The average molecular weight is 317 g/mol. The summed E-state index contributed by atoms with van der Waals surface area (Å²) in [6, 6.07) is 7.35. The van der Waals surface area contributed by atoms with Gasteiger partial charge in [-0.05, 0) is 25.5 Å². The molecule has 0 radical (unpaired) electrons. The Balaban J connectivity index is 1.75. The first kappa shape index (κ1) is 14.6. The smallest absolute Gasteiger partial charge is 0.239 e. The summed E-state index contributed by atoms with van der Waals surface area (Å²) in [6.07, 6.45) is 2.54. The van der Waals surface area contributed by atoms with Crippen molar-refractivity contribution in [1.82, 2.24) is 19.8 Å². The fraction of sp³-hybridized carbons (Fsp3) is 0.286. The van der Waals surface area contributed by atoms with Gasteiger partial charge in [0.05, 0.1) is 5.25 Å². The SMILES string of the molecule is CC[C@H](Sc1nnc2ccccn12)C(=O)Nc1cc(C)on1. The average Bonchev–Trinajstić information content (AvgIpc) is 3.11. The van der Waals surface area contributed by atoms with Gasteiger partial charge in [0.1, 0.15) is 5.76 Å². The van der Waals surface area contributed by atoms with Crippen LogP contribution in [0.5, 0.6) is 0 Å². The van der Waals surface area contributed by atoms with Crippen LogP contribution >= 0.6 is 11.8 Å². The first-order valence-corrected chi connectivity index (χ1v) is 7.76. The molecule has 0 saturated heterocycles. The number of fused-ring (bicyclic) bond motifs is 1. The highest BCUT2D eigenvalue weighted by atomic mass is 32.2. The molecule has 0 aliphatic heterocycles. The zero-order valence-corrected chi connectivity index (χ0v) is 13.0. The molecular weight excluding hydrogens is 302 g/mol. The number of thioether (sulfide) groups is 1. The van der Waals surface area contributed by atoms with Crippen molar-refractivity contribution in [2.75, 3.05) is 5.32 Å². The maximum absolute atomic E-state index is 12.3. The van der Waals surface area contributed by atoms with Gasteiger partial charge in [0.2, 0.25) is 5.91 Å². The lowest BCUT2D eigenvalue weighted by molar-refractivity contribution is -0.115. The topological polar surface area (TPSA) is 85.3 Å². The molecule has 0 bridgehead atoms. The zero-order valence-electron chi connectivity index (χ0n) is 12.2. The van der Waals surface area contributed by atoms with Gasteiger partial charge in [-0.3, -0.25) is 9.20 Å². The van der Waals surface area contributed by atoms with E-state index in [9.17, 15) is 4.79 Å². The molecule has 0 aromatic carbocycles. The number of amides is 1. The van der Waals surface area contributed by atoms with E-state index in [4.69, 9.17) is 4.52 Å². The van der Waals surface area contributed by atoms with Gasteiger partial charge < -0.3 is 9.84 Å². The molecule has 114 valence electrons. The molecule has 0 saturated carbocycles. The summed E-state index contributed by atoms with van der Waals surface area (Å²) in [5, 5.41) is 15.1. The summed E-state index contributed by atoms with van der Waals surface area (Å²) in [7, 11) is 0. The second kappa shape index (κ2) is 6.18. The Morgan fingerprint density at radius 3 is 3.05 bits per heavy atom. The maximum Gasteiger partial charge on any atom is 0.239 e. The number of nitrogens with zero attached hydrogens (tertiary/aromatic N) is 4. The van der Waals surface area contributed by atoms with Crippen LogP contribution in [0.15, 0.2) is 40.1 Å². The second-order valence-electron chi connectivity index (χ2n) is 4.74. The minimum atomic E-state index is -0.287. The van der Waals surface area contributed by atoms with Crippen molar-refractivity contribution < 1.29 is 9.32 Å². The normalized spacial score (nSPS) is 12.5. The van der Waals surface area contributed by atoms with E-state index in [0.29, 0.717) is 23.2 Å². The highest BCUT2D eigenvalue weighted by molar-refractivity contribution is 8.00. The van der Waals surface area contributed by atoms with Crippen molar-refractivity contribution in [3.8, 4) is 0 Å². The summed E-state index contributed by atoms with van der Waals surface area (Å²) < 4.78 is 6.81. The minimum Gasteiger partial charge on any atom is -0.360 e. The highest BCUT2D eigenvalue weighted by Crippen LogP contribution is 2.25. The lowest BCUT2D eigenvalue weighted by Gasteiger charge is -2.11. The molecule has 3 aromatic heterocycles. The summed E-state index contributed by atoms with van der Waals surface area (Å²) in [5.41, 5.74) is 0.757. The zero-order chi connectivity index (χ0) is 15.5. The van der Waals surface area contributed by atoms with Gasteiger partial charge in [-0.2, -0.15) is 0 Å². The number of nitrogens with one attached hydrogen (secondary N) is 1. The Bertz CT molecular complexity index is 797. The number of carbonyl (C=O) groups is 1. The van der Waals surface area contributed by atoms with Crippen molar-refractivity contribution in [3.63, 3.8) is 0 Å². The van der Waals surface area contributed by atoms with Crippen LogP contribution in [0.4, 0.5) is 5.82 Å². The van der Waals surface area contributed by atoms with Crippen LogP contribution in [-0.4, -0.2) is 30.9 Å². The van der Waals surface area contributed by atoms with Gasteiger partial charge in [-0.25, -0.2) is 0 Å². The maximum atomic E-state index is 12.3. The van der Waals surface area contributed by atoms with Gasteiger partial charge in [-0.1, -0.05) is 29.9 Å². The molecule has 22 heavy (non-hydrogen) atoms. The number of rotatable bonds is 5. The van der Waals surface area contributed by atoms with Gasteiger partial charge >= 0.3 is 0 Å². The van der Waals surface area contributed by atoms with Crippen LogP contribution < -0.4 is 5.32 Å². The molecule has 1 N–H and O–H groups in total. The van der Waals surface area contributed by atoms with E-state index < -0.39 is 0 Å². The van der Waals surface area contributed by atoms with Crippen molar-refractivity contribution in [2.24, 2.45) is 0 Å². The number of anilines is 1. The summed E-state index contributed by atoms with van der Waals surface area (Å²) in [4.78, 5) is 12.3. The predicted molar refractivity (Wildman–Crippen MR) is 82.8 cm³/mol. The molecule has 3 aromatic rings. The van der Waals surface area contributed by atoms with Gasteiger partial charge in [0.25, 0.3) is 0 Å². The molecule has 0 aliphatic carbocycles. The molecule has 0 unspecified atom stereocenters. The van der Waals surface area contributed by atoms with E-state index in [-0.39, 0.29) is 11.2 Å². The third-order valence-corrected chi connectivity index (χ3v) is 4.39. The Morgan fingerprint density at radius 1 is 1.45 bits per heavy atom. The molecule has 3 rings (SSSR count). The Labute approximate surface area is 131 Å². The first-order chi connectivity index (χ1) is 10.7. The van der Waals surface area contributed by atoms with Crippen molar-refractivity contribution in [2.45, 2.75) is 30.7 Å². The van der Waals surface area contributed by atoms with E-state index in [1.54, 1.807) is 13.0 Å². The number of aromatic nitrogens is 4. The second-order valence-corrected chi connectivity index (χ2v) is 5.91. The molecule has 8 heteroatoms. The van der Waals surface area contributed by atoms with Crippen LogP contribution in [-0.2, 0) is 4.79 Å². The van der Waals surface area contributed by atoms with Crippen LogP contribution in [0.1, 0.15) is 19.1 Å². The van der Waals surface area contributed by atoms with Crippen molar-refractivity contribution >= 4 is 29.1 Å². The summed E-state index contributed by atoms with van der Waals surface area (Å²) >= 11 is 1.38. The first-order valence-electron chi connectivity index (χ1n) is 6.88. The van der Waals surface area contributed by atoms with Gasteiger partial charge in [-0.15, -0.1) is 10.2 Å². The third kappa shape index (κ3) is 2.96. The molecule has 0 fully saturated rings. The molecule has 0 aliphatic rings. The molecule has 7 nitrogen and oxygen atoms in total. The standard InChI is InChI=1S/C14H15N5O2S/c1-3-10(13(20)15-11-8-9(2)21-18-11)22-14-17-16-12-6-4-5-7-19(12)14/h4-8,10H,3H2,1-2H3,(H,15,18,20)/t10-/m0/s1. The quantitative estimate of drug-likeness (QED) is 0.728. The van der Waals surface area contributed by atoms with E-state index >= 15 is 0 Å². The Kier molecular flexibility index (Phi) is 4.10. The largest absolute Gasteiger partial charge is 0.360 e. The number of pyridine rings is 1. The lowest BCUT2D eigenvalue weighted by Crippen LogP contribution is -2.25. The van der Waals surface area contributed by atoms with E-state index in [2.05, 4.69) is 20.7 Å². The van der Waals surface area contributed by atoms with Crippen LogP contribution in [0.25, 0.3) is 5.65 Å². The van der Waals surface area contributed by atoms with E-state index in [1.807, 2.05) is 35.7 Å². The van der Waals surface area contributed by atoms with Crippen LogP contribution in [0, 0.1) is 6.92 Å². The fourth-order valence-corrected chi connectivity index (χ4v) is 2.92. The molecule has 1 amide bonds. The molecular formula is C14H15N5O2S. The number of aryl methyl sites for hydroxylation is 1. The van der Waals surface area contributed by atoms with Crippen molar-refractivity contribution in [1.29, 1.82) is 0 Å². The van der Waals surface area contributed by atoms with Crippen molar-refractivity contribution in [3.05, 3.63) is 36.2 Å². The van der Waals surface area contributed by atoms with Crippen LogP contribution in [0.2, 0.25) is 0 Å². The predicted octanol–water partition coefficient (Wildman–Crippen LogP) is 2.54. The Hall–Kier alpha value is -2.35. The Morgan fingerprint density at radius 2 is 2.32 bits per heavy atom. The van der Waals surface area contributed by atoms with E-state index in [0.717, 1.165) is 5.65 Å². The summed E-state index contributed by atoms with van der Waals surface area (Å²) in [6.45, 7) is 3.73. The monoisotopic (exact) mass is 317 g/mol. The molecule has 3 heterocycles. The number of hydrogen-bond donors (Lipinski definition) is 1. The lowest BCUT2D eigenvalue weighted by atomic mass is 10.3. The minimum absolute atomic E-state index is 0.131. The van der Waals surface area contributed by atoms with E-state index in [1.165, 1.54) is 11.8 Å². The van der Waals surface area contributed by atoms with Gasteiger partial charge in [0, 0.05) is 12.3 Å². The van der Waals surface area contributed by atoms with Crippen LogP contribution in [0.3, 0.4) is 0 Å².